The molecule has 0 spiro atoms. The Labute approximate surface area is 141 Å². The van der Waals surface area contributed by atoms with Crippen LogP contribution in [0.25, 0.3) is 0 Å². The molecular formula is C19H34O4. The second-order valence-electron chi connectivity index (χ2n) is 5.87. The minimum atomic E-state index is -0.963. The number of hydrogen-bond donors (Lipinski definition) is 2. The first-order chi connectivity index (χ1) is 11.2. The third-order valence-electron chi connectivity index (χ3n) is 3.59. The van der Waals surface area contributed by atoms with E-state index in [1.807, 2.05) is 6.08 Å². The van der Waals surface area contributed by atoms with Crippen molar-refractivity contribution in [1.82, 2.24) is 0 Å². The van der Waals surface area contributed by atoms with Crippen molar-refractivity contribution in [3.8, 4) is 0 Å². The number of aliphatic hydroxyl groups is 2. The summed E-state index contributed by atoms with van der Waals surface area (Å²) in [4.78, 5) is 11.3. The van der Waals surface area contributed by atoms with Crippen molar-refractivity contribution in [2.45, 2.75) is 76.7 Å². The number of hydrogen-bond acceptors (Lipinski definition) is 4. The van der Waals surface area contributed by atoms with Crippen LogP contribution in [0.5, 0.6) is 0 Å². The maximum absolute atomic E-state index is 11.3. The van der Waals surface area contributed by atoms with Crippen molar-refractivity contribution in [2.75, 3.05) is 13.2 Å². The van der Waals surface area contributed by atoms with Crippen LogP contribution in [0.15, 0.2) is 24.8 Å². The van der Waals surface area contributed by atoms with E-state index in [4.69, 9.17) is 14.9 Å². The average molecular weight is 326 g/mol. The van der Waals surface area contributed by atoms with E-state index in [0.29, 0.717) is 6.42 Å². The lowest BCUT2D eigenvalue weighted by molar-refractivity contribution is -0.147. The summed E-state index contributed by atoms with van der Waals surface area (Å²) < 4.78 is 4.84. The second-order valence-corrected chi connectivity index (χ2v) is 5.87. The highest BCUT2D eigenvalue weighted by molar-refractivity contribution is 5.69. The zero-order valence-corrected chi connectivity index (χ0v) is 14.4. The zero-order chi connectivity index (χ0) is 17.2. The molecule has 0 radical (unpaired) electrons. The molecule has 0 bridgehead atoms. The molecule has 0 fully saturated rings. The molecule has 2 N–H and O–H groups in total. The first-order valence-corrected chi connectivity index (χ1v) is 8.91. The number of rotatable bonds is 16. The first kappa shape index (κ1) is 21.9. The number of carbonyl (C=O) groups is 1. The second kappa shape index (κ2) is 17.2. The van der Waals surface area contributed by atoms with Gasteiger partial charge in [-0.05, 0) is 38.5 Å². The van der Waals surface area contributed by atoms with Crippen LogP contribution in [0.4, 0.5) is 0 Å². The van der Waals surface area contributed by atoms with Crippen molar-refractivity contribution in [1.29, 1.82) is 0 Å². The average Bonchev–Trinajstić information content (AvgIpc) is 2.56. The van der Waals surface area contributed by atoms with Gasteiger partial charge in [-0.3, -0.25) is 4.79 Å². The minimum Gasteiger partial charge on any atom is -0.463 e. The van der Waals surface area contributed by atoms with Crippen LogP contribution >= 0.6 is 0 Å². The molecule has 0 aromatic carbocycles. The van der Waals surface area contributed by atoms with Gasteiger partial charge in [0.1, 0.15) is 12.7 Å². The summed E-state index contributed by atoms with van der Waals surface area (Å²) in [6.45, 7) is 3.22. The largest absolute Gasteiger partial charge is 0.463 e. The summed E-state index contributed by atoms with van der Waals surface area (Å²) in [7, 11) is 0. The van der Waals surface area contributed by atoms with Gasteiger partial charge in [-0.1, -0.05) is 43.9 Å². The van der Waals surface area contributed by atoms with Gasteiger partial charge in [0.05, 0.1) is 6.61 Å². The Bertz CT molecular complexity index is 312. The van der Waals surface area contributed by atoms with Crippen LogP contribution in [-0.2, 0) is 9.53 Å². The van der Waals surface area contributed by atoms with Crippen LogP contribution in [0.3, 0.4) is 0 Å². The molecule has 0 aliphatic rings. The van der Waals surface area contributed by atoms with E-state index in [9.17, 15) is 4.79 Å². The van der Waals surface area contributed by atoms with Crippen molar-refractivity contribution < 1.29 is 19.7 Å². The Morgan fingerprint density at radius 3 is 2.22 bits per heavy atom. The van der Waals surface area contributed by atoms with Crippen molar-refractivity contribution in [3.05, 3.63) is 24.8 Å². The molecule has 0 rings (SSSR count). The number of carbonyl (C=O) groups excluding carboxylic acids is 1. The van der Waals surface area contributed by atoms with E-state index in [2.05, 4.69) is 18.7 Å². The van der Waals surface area contributed by atoms with Gasteiger partial charge in [-0.25, -0.2) is 0 Å². The lowest BCUT2D eigenvalue weighted by Crippen LogP contribution is -2.21. The van der Waals surface area contributed by atoms with Crippen LogP contribution in [0, 0.1) is 0 Å². The maximum atomic E-state index is 11.3. The Hall–Kier alpha value is -1.13. The molecule has 1 atom stereocenters. The molecule has 0 aromatic heterocycles. The molecule has 4 heteroatoms. The SMILES string of the molecule is C=CCCC/C=C/CCCCCCCCC(=O)OCC(O)CO. The summed E-state index contributed by atoms with van der Waals surface area (Å²) in [6, 6.07) is 0. The molecule has 4 nitrogen and oxygen atoms in total. The summed E-state index contributed by atoms with van der Waals surface area (Å²) in [5.41, 5.74) is 0. The maximum Gasteiger partial charge on any atom is 0.305 e. The predicted octanol–water partition coefficient (Wildman–Crippen LogP) is 3.92. The Balaban J connectivity index is 3.24. The van der Waals surface area contributed by atoms with E-state index < -0.39 is 6.10 Å². The fourth-order valence-electron chi connectivity index (χ4n) is 2.17. The lowest BCUT2D eigenvalue weighted by Gasteiger charge is -2.08. The summed E-state index contributed by atoms with van der Waals surface area (Å²) in [6.07, 6.45) is 17.2. The molecule has 0 amide bonds. The molecule has 0 heterocycles. The molecule has 1 unspecified atom stereocenters. The smallest absolute Gasteiger partial charge is 0.305 e. The van der Waals surface area contributed by atoms with Gasteiger partial charge in [0.25, 0.3) is 0 Å². The Kier molecular flexibility index (Phi) is 16.4. The highest BCUT2D eigenvalue weighted by Gasteiger charge is 2.07. The van der Waals surface area contributed by atoms with Crippen LogP contribution in [0.1, 0.15) is 70.6 Å². The van der Waals surface area contributed by atoms with Gasteiger partial charge in [0, 0.05) is 6.42 Å². The fourth-order valence-corrected chi connectivity index (χ4v) is 2.17. The molecule has 0 aliphatic carbocycles. The fraction of sp³-hybridized carbons (Fsp3) is 0.737. The standard InChI is InChI=1S/C19H34O4/c1-2-3-4-5-6-7-8-9-10-11-12-13-14-15-19(22)23-17-18(21)16-20/h2,6-7,18,20-21H,1,3-5,8-17H2/b7-6+. The normalized spacial score (nSPS) is 12.4. The molecule has 134 valence electrons. The summed E-state index contributed by atoms with van der Waals surface area (Å²) in [5.74, 6) is -0.293. The van der Waals surface area contributed by atoms with Gasteiger partial charge >= 0.3 is 5.97 Å². The Morgan fingerprint density at radius 2 is 1.57 bits per heavy atom. The van der Waals surface area contributed by atoms with Crippen molar-refractivity contribution >= 4 is 5.97 Å². The number of unbranched alkanes of at least 4 members (excludes halogenated alkanes) is 8. The zero-order valence-electron chi connectivity index (χ0n) is 14.4. The Morgan fingerprint density at radius 1 is 0.957 bits per heavy atom. The number of aliphatic hydroxyl groups excluding tert-OH is 2. The predicted molar refractivity (Wildman–Crippen MR) is 94.2 cm³/mol. The highest BCUT2D eigenvalue weighted by atomic mass is 16.5. The number of ether oxygens (including phenoxy) is 1. The van der Waals surface area contributed by atoms with E-state index in [1.165, 1.54) is 25.7 Å². The minimum absolute atomic E-state index is 0.115. The van der Waals surface area contributed by atoms with Crippen molar-refractivity contribution in [3.63, 3.8) is 0 Å². The van der Waals surface area contributed by atoms with Crippen LogP contribution in [0.2, 0.25) is 0 Å². The van der Waals surface area contributed by atoms with Gasteiger partial charge in [-0.2, -0.15) is 0 Å². The summed E-state index contributed by atoms with van der Waals surface area (Å²) >= 11 is 0. The highest BCUT2D eigenvalue weighted by Crippen LogP contribution is 2.10. The van der Waals surface area contributed by atoms with Crippen LogP contribution in [-0.4, -0.2) is 35.5 Å². The van der Waals surface area contributed by atoms with Crippen LogP contribution < -0.4 is 0 Å². The van der Waals surface area contributed by atoms with E-state index in [1.54, 1.807) is 0 Å². The van der Waals surface area contributed by atoms with Crippen molar-refractivity contribution in [2.24, 2.45) is 0 Å². The lowest BCUT2D eigenvalue weighted by atomic mass is 10.1. The van der Waals surface area contributed by atoms with E-state index in [-0.39, 0.29) is 19.2 Å². The van der Waals surface area contributed by atoms with Gasteiger partial charge in [-0.15, -0.1) is 6.58 Å². The van der Waals surface area contributed by atoms with Gasteiger partial charge in [0.2, 0.25) is 0 Å². The van der Waals surface area contributed by atoms with Gasteiger partial charge < -0.3 is 14.9 Å². The molecule has 0 saturated carbocycles. The van der Waals surface area contributed by atoms with E-state index in [0.717, 1.165) is 38.5 Å². The number of esters is 1. The third-order valence-corrected chi connectivity index (χ3v) is 3.59. The molecule has 0 saturated heterocycles. The molecule has 23 heavy (non-hydrogen) atoms. The third kappa shape index (κ3) is 17.1. The quantitative estimate of drug-likeness (QED) is 0.256. The van der Waals surface area contributed by atoms with Gasteiger partial charge in [0.15, 0.2) is 0 Å². The molecular weight excluding hydrogens is 292 g/mol. The van der Waals surface area contributed by atoms with E-state index >= 15 is 0 Å². The molecule has 0 aromatic rings. The first-order valence-electron chi connectivity index (χ1n) is 8.91. The topological polar surface area (TPSA) is 66.8 Å². The monoisotopic (exact) mass is 326 g/mol. The number of allylic oxidation sites excluding steroid dienone is 3. The molecule has 0 aliphatic heterocycles. The summed E-state index contributed by atoms with van der Waals surface area (Å²) in [5, 5.41) is 17.7.